The van der Waals surface area contributed by atoms with E-state index in [1.165, 1.54) is 5.56 Å². The number of hydrogen-bond donors (Lipinski definition) is 3. The maximum atomic E-state index is 13.8. The van der Waals surface area contributed by atoms with E-state index >= 15 is 0 Å². The number of unbranched alkanes of at least 4 members (excludes halogenated alkanes) is 1. The Labute approximate surface area is 273 Å². The van der Waals surface area contributed by atoms with Gasteiger partial charge in [0.15, 0.2) is 0 Å². The lowest BCUT2D eigenvalue weighted by Crippen LogP contribution is -2.75. The first kappa shape index (κ1) is 35.8. The van der Waals surface area contributed by atoms with Crippen molar-refractivity contribution in [3.63, 3.8) is 0 Å². The summed E-state index contributed by atoms with van der Waals surface area (Å²) < 4.78 is 0. The van der Waals surface area contributed by atoms with Gasteiger partial charge >= 0.3 is 0 Å². The van der Waals surface area contributed by atoms with Gasteiger partial charge < -0.3 is 20.6 Å². The predicted molar refractivity (Wildman–Crippen MR) is 177 cm³/mol. The van der Waals surface area contributed by atoms with Crippen molar-refractivity contribution in [2.45, 2.75) is 89.9 Å². The van der Waals surface area contributed by atoms with Gasteiger partial charge in [-0.1, -0.05) is 82.0 Å². The number of amides is 3. The lowest BCUT2D eigenvalue weighted by Gasteiger charge is -2.52. The lowest BCUT2D eigenvalue weighted by atomic mass is 9.79. The molecule has 0 saturated carbocycles. The monoisotopic (exact) mass is 646 g/mol. The first-order valence-electron chi connectivity index (χ1n) is 15.8. The summed E-state index contributed by atoms with van der Waals surface area (Å²) in [7, 11) is 1.60. The van der Waals surface area contributed by atoms with Gasteiger partial charge in [0, 0.05) is 43.8 Å². The molecule has 2 fully saturated rings. The Morgan fingerprint density at radius 2 is 1.70 bits per heavy atom. The smallest absolute Gasteiger partial charge is 0.251 e. The summed E-state index contributed by atoms with van der Waals surface area (Å²) in [6.45, 7) is 8.82. The van der Waals surface area contributed by atoms with E-state index in [2.05, 4.69) is 46.7 Å². The van der Waals surface area contributed by atoms with Crippen molar-refractivity contribution < 1.29 is 19.5 Å². The highest BCUT2D eigenvalue weighted by molar-refractivity contribution is 6.31. The summed E-state index contributed by atoms with van der Waals surface area (Å²) in [6, 6.07) is 13.0. The molecule has 0 aliphatic carbocycles. The Bertz CT molecular complexity index is 1280. The first-order chi connectivity index (χ1) is 20.7. The summed E-state index contributed by atoms with van der Waals surface area (Å²) >= 11 is 6.46. The van der Waals surface area contributed by atoms with Gasteiger partial charge in [-0.25, -0.2) is 0 Å². The number of nitrogens with one attached hydrogen (secondary N) is 2. The predicted octanol–water partition coefficient (Wildman–Crippen LogP) is 4.97. The second kappa shape index (κ2) is 16.1. The fraction of sp³-hybridized carbons (Fsp3) is 0.559. The largest absolute Gasteiger partial charge is 0.390 e. The van der Waals surface area contributed by atoms with Crippen molar-refractivity contribution in [1.29, 1.82) is 0 Å². The van der Waals surface area contributed by atoms with E-state index < -0.39 is 17.7 Å². The van der Waals surface area contributed by atoms with Crippen molar-refractivity contribution in [1.82, 2.24) is 20.4 Å². The number of hydrogen-bond acceptors (Lipinski definition) is 5. The topological polar surface area (TPSA) is 102 Å². The molecule has 0 aromatic heterocycles. The van der Waals surface area contributed by atoms with Crippen LogP contribution in [-0.4, -0.2) is 77.0 Å². The van der Waals surface area contributed by atoms with Crippen LogP contribution in [0.3, 0.4) is 0 Å². The lowest BCUT2D eigenvalue weighted by molar-refractivity contribution is -0.165. The molecule has 3 N–H and O–H groups in total. The van der Waals surface area contributed by atoms with Gasteiger partial charge in [0.25, 0.3) is 5.91 Å². The van der Waals surface area contributed by atoms with Gasteiger partial charge in [-0.3, -0.25) is 19.3 Å². The number of piperidine rings is 1. The van der Waals surface area contributed by atoms with Gasteiger partial charge in [0.1, 0.15) is 11.6 Å². The average Bonchev–Trinajstić information content (AvgIpc) is 3.02. The van der Waals surface area contributed by atoms with Crippen LogP contribution in [0.5, 0.6) is 0 Å². The third-order valence-corrected chi connectivity index (χ3v) is 9.77. The number of likely N-dealkylation sites (tertiary alicyclic amines) is 1. The van der Waals surface area contributed by atoms with Crippen LogP contribution in [0.15, 0.2) is 42.5 Å². The summed E-state index contributed by atoms with van der Waals surface area (Å²) in [5.74, 6) is -0.453. The van der Waals surface area contributed by atoms with Gasteiger partial charge in [0.2, 0.25) is 11.8 Å². The highest BCUT2D eigenvalue weighted by Gasteiger charge is 2.55. The van der Waals surface area contributed by atoms with Gasteiger partial charge in [-0.05, 0) is 60.4 Å². The number of halogens is 2. The van der Waals surface area contributed by atoms with E-state index in [1.807, 2.05) is 24.8 Å². The fourth-order valence-electron chi connectivity index (χ4n) is 6.55. The van der Waals surface area contributed by atoms with Crippen molar-refractivity contribution >= 4 is 41.7 Å². The van der Waals surface area contributed by atoms with Gasteiger partial charge in [0.05, 0.1) is 6.10 Å². The molecule has 2 saturated heterocycles. The molecule has 2 aliphatic heterocycles. The van der Waals surface area contributed by atoms with E-state index in [9.17, 15) is 19.5 Å². The molecule has 242 valence electrons. The number of carbonyl (C=O) groups is 3. The van der Waals surface area contributed by atoms with Crippen LogP contribution >= 0.6 is 24.0 Å². The number of carbonyl (C=O) groups excluding carboxylic acids is 3. The van der Waals surface area contributed by atoms with Crippen LogP contribution in [0, 0.1) is 5.92 Å². The van der Waals surface area contributed by atoms with Crippen LogP contribution in [0.1, 0.15) is 86.3 Å². The number of aliphatic hydroxyl groups excluding tert-OH is 1. The molecule has 2 atom stereocenters. The molecule has 4 rings (SSSR count). The van der Waals surface area contributed by atoms with Crippen molar-refractivity contribution in [3.8, 4) is 0 Å². The molecule has 1 spiro atoms. The van der Waals surface area contributed by atoms with Crippen LogP contribution in [0.2, 0.25) is 5.02 Å². The highest BCUT2D eigenvalue weighted by atomic mass is 35.5. The normalized spacial score (nSPS) is 19.1. The summed E-state index contributed by atoms with van der Waals surface area (Å²) in [4.78, 5) is 43.5. The Morgan fingerprint density at radius 3 is 2.27 bits per heavy atom. The average molecular weight is 648 g/mol. The molecule has 2 aromatic carbocycles. The highest BCUT2D eigenvalue weighted by Crippen LogP contribution is 2.35. The molecule has 0 bridgehead atoms. The van der Waals surface area contributed by atoms with E-state index in [0.29, 0.717) is 49.5 Å². The molecule has 0 unspecified atom stereocenters. The molecule has 2 heterocycles. The molecule has 2 aliphatic rings. The molecule has 0 radical (unpaired) electrons. The minimum Gasteiger partial charge on any atom is -0.390 e. The maximum absolute atomic E-state index is 13.8. The van der Waals surface area contributed by atoms with Gasteiger partial charge in [-0.2, -0.15) is 0 Å². The zero-order valence-corrected chi connectivity index (χ0v) is 28.0. The Balaban J connectivity index is 0.00000529. The quantitative estimate of drug-likeness (QED) is 0.302. The molecular weight excluding hydrogens is 599 g/mol. The van der Waals surface area contributed by atoms with Crippen LogP contribution < -0.4 is 10.6 Å². The Hall–Kier alpha value is -2.65. The molecule has 3 amide bonds. The van der Waals surface area contributed by atoms with Crippen LogP contribution in [0.4, 0.5) is 0 Å². The van der Waals surface area contributed by atoms with Crippen molar-refractivity contribution in [3.05, 3.63) is 69.7 Å². The zero-order chi connectivity index (χ0) is 31.1. The third kappa shape index (κ3) is 7.76. The summed E-state index contributed by atoms with van der Waals surface area (Å²) in [6.07, 6.45) is 4.21. The third-order valence-electron chi connectivity index (χ3n) is 9.42. The van der Waals surface area contributed by atoms with Crippen LogP contribution in [-0.2, 0) is 22.6 Å². The second-order valence-electron chi connectivity index (χ2n) is 12.0. The first-order valence-corrected chi connectivity index (χ1v) is 16.2. The number of rotatable bonds is 12. The van der Waals surface area contributed by atoms with Crippen molar-refractivity contribution in [2.75, 3.05) is 26.7 Å². The molecule has 44 heavy (non-hydrogen) atoms. The molecular formula is C34H48Cl2N4O4. The number of benzene rings is 2. The van der Waals surface area contributed by atoms with Crippen LogP contribution in [0.25, 0.3) is 0 Å². The van der Waals surface area contributed by atoms with Gasteiger partial charge in [-0.15, -0.1) is 12.4 Å². The number of aliphatic hydroxyl groups is 1. The van der Waals surface area contributed by atoms with E-state index in [1.54, 1.807) is 19.2 Å². The fourth-order valence-corrected chi connectivity index (χ4v) is 6.80. The van der Waals surface area contributed by atoms with E-state index in [-0.39, 0.29) is 36.0 Å². The SMILES string of the molecule is CCCCN1C(=O)[C@@H]([C@H](O)C(CC)CC)NC(=O)C12CCN(Cc1ccc(Cc3ccc(C(=O)NC)cc3Cl)cc1)CC2.Cl. The van der Waals surface area contributed by atoms with E-state index in [4.69, 9.17) is 11.6 Å². The number of piperazine rings is 1. The van der Waals surface area contributed by atoms with Crippen molar-refractivity contribution in [2.24, 2.45) is 5.92 Å². The second-order valence-corrected chi connectivity index (χ2v) is 12.5. The Kier molecular flexibility index (Phi) is 13.1. The molecule has 10 heteroatoms. The summed E-state index contributed by atoms with van der Waals surface area (Å²) in [5, 5.41) is 17.2. The standard InChI is InChI=1S/C34H47ClN4O4.ClH/c1-5-8-17-39-32(42)29(30(40)25(6-2)7-3)37-33(43)34(39)15-18-38(19-16-34)22-24-11-9-23(10-12-24)20-26-13-14-27(21-28(26)35)31(41)36-4;/h9-14,21,25,29-30,40H,5-8,15-20,22H2,1-4H3,(H,36,41)(H,37,43);1H/t29-,30-;/m1./s1. The number of nitrogens with zero attached hydrogens (tertiary/aromatic N) is 2. The minimum atomic E-state index is -0.881. The minimum absolute atomic E-state index is 0. The summed E-state index contributed by atoms with van der Waals surface area (Å²) in [5.41, 5.74) is 2.96. The molecule has 2 aromatic rings. The maximum Gasteiger partial charge on any atom is 0.251 e. The molecule has 8 nitrogen and oxygen atoms in total. The Morgan fingerprint density at radius 1 is 1.07 bits per heavy atom. The zero-order valence-electron chi connectivity index (χ0n) is 26.4. The van der Waals surface area contributed by atoms with E-state index in [0.717, 1.165) is 43.4 Å².